The molecule has 1 aromatic carbocycles. The van der Waals surface area contributed by atoms with Crippen LogP contribution in [0.4, 0.5) is 0 Å². The second-order valence-corrected chi connectivity index (χ2v) is 5.77. The van der Waals surface area contributed by atoms with Gasteiger partial charge in [-0.3, -0.25) is 4.79 Å². The first-order valence-electron chi connectivity index (χ1n) is 7.36. The molecule has 122 valence electrons. The highest BCUT2D eigenvalue weighted by atomic mass is 35.5. The monoisotopic (exact) mass is 335 g/mol. The summed E-state index contributed by atoms with van der Waals surface area (Å²) in [5, 5.41) is 10.0. The third-order valence-corrected chi connectivity index (χ3v) is 4.07. The van der Waals surface area contributed by atoms with E-state index in [0.717, 1.165) is 5.56 Å². The first kappa shape index (κ1) is 17.3. The third kappa shape index (κ3) is 3.66. The molecule has 1 saturated heterocycles. The van der Waals surface area contributed by atoms with E-state index in [1.165, 1.54) is 4.90 Å². The summed E-state index contributed by atoms with van der Waals surface area (Å²) in [6, 6.07) is 5.21. The van der Waals surface area contributed by atoms with Gasteiger partial charge in [0.1, 0.15) is 24.8 Å². The highest BCUT2D eigenvalue weighted by molar-refractivity contribution is 6.30. The van der Waals surface area contributed by atoms with Gasteiger partial charge in [-0.1, -0.05) is 43.0 Å². The number of benzene rings is 1. The van der Waals surface area contributed by atoms with Crippen molar-refractivity contribution in [3.05, 3.63) is 34.9 Å². The molecule has 1 heterocycles. The van der Waals surface area contributed by atoms with Crippen LogP contribution in [0.3, 0.4) is 0 Å². The highest BCUT2D eigenvalue weighted by Crippen LogP contribution is 2.31. The maximum atomic E-state index is 12.2. The first-order chi connectivity index (χ1) is 11.0. The largest absolute Gasteiger partial charge is 0.480 e. The zero-order valence-electron chi connectivity index (χ0n) is 12.7. The molecule has 1 amide bonds. The number of carboxylic acids is 1. The van der Waals surface area contributed by atoms with Gasteiger partial charge < -0.3 is 14.7 Å². The topological polar surface area (TPSA) is 66.8 Å². The fourth-order valence-corrected chi connectivity index (χ4v) is 2.88. The van der Waals surface area contributed by atoms with Gasteiger partial charge in [0.15, 0.2) is 0 Å². The Hall–Kier alpha value is -2.03. The molecular weight excluding hydrogens is 318 g/mol. The van der Waals surface area contributed by atoms with E-state index in [0.29, 0.717) is 17.9 Å². The lowest BCUT2D eigenvalue weighted by Gasteiger charge is -2.41. The quantitative estimate of drug-likeness (QED) is 0.839. The summed E-state index contributed by atoms with van der Waals surface area (Å²) < 4.78 is 5.59. The molecule has 2 rings (SSSR count). The number of carbonyl (C=O) groups is 2. The molecule has 1 aromatic rings. The second kappa shape index (κ2) is 7.49. The number of halogens is 1. The fraction of sp³-hybridized carbons (Fsp3) is 0.412. The van der Waals surface area contributed by atoms with Crippen molar-refractivity contribution < 1.29 is 19.4 Å². The van der Waals surface area contributed by atoms with Crippen LogP contribution in [0.1, 0.15) is 31.4 Å². The number of amides is 1. The summed E-state index contributed by atoms with van der Waals surface area (Å²) in [6.07, 6.45) is 6.00. The van der Waals surface area contributed by atoms with Crippen molar-refractivity contribution >= 4 is 23.5 Å². The van der Waals surface area contributed by atoms with Crippen LogP contribution >= 0.6 is 11.6 Å². The molecular formula is C17H18ClNO4. The van der Waals surface area contributed by atoms with E-state index in [-0.39, 0.29) is 6.61 Å². The van der Waals surface area contributed by atoms with Crippen molar-refractivity contribution in [2.24, 2.45) is 0 Å². The molecule has 0 saturated carbocycles. The van der Waals surface area contributed by atoms with E-state index >= 15 is 0 Å². The van der Waals surface area contributed by atoms with Crippen molar-refractivity contribution in [3.8, 4) is 12.3 Å². The van der Waals surface area contributed by atoms with Gasteiger partial charge in [-0.05, 0) is 24.1 Å². The van der Waals surface area contributed by atoms with E-state index in [1.54, 1.807) is 24.3 Å². The second-order valence-electron chi connectivity index (χ2n) is 5.34. The van der Waals surface area contributed by atoms with Gasteiger partial charge in [0.05, 0.1) is 0 Å². The Bertz CT molecular complexity index is 622. The normalized spacial score (nSPS) is 22.5. The Morgan fingerprint density at radius 3 is 2.70 bits per heavy atom. The molecule has 0 spiro atoms. The van der Waals surface area contributed by atoms with Crippen LogP contribution in [0.15, 0.2) is 24.3 Å². The number of hydrogen-bond donors (Lipinski definition) is 1. The van der Waals surface area contributed by atoms with Crippen molar-refractivity contribution in [1.29, 1.82) is 0 Å². The third-order valence-electron chi connectivity index (χ3n) is 3.81. The molecule has 1 N–H and O–H groups in total. The summed E-state index contributed by atoms with van der Waals surface area (Å²) in [6.45, 7) is 1.67. The molecule has 1 fully saturated rings. The van der Waals surface area contributed by atoms with E-state index in [2.05, 4.69) is 5.92 Å². The van der Waals surface area contributed by atoms with E-state index in [1.807, 2.05) is 6.92 Å². The Morgan fingerprint density at radius 1 is 1.52 bits per heavy atom. The fourth-order valence-electron chi connectivity index (χ4n) is 2.75. The number of carbonyl (C=O) groups excluding carboxylic acids is 1. The number of morpholine rings is 1. The zero-order chi connectivity index (χ0) is 17.0. The number of ether oxygens (including phenoxy) is 1. The lowest BCUT2D eigenvalue weighted by molar-refractivity contribution is -0.167. The molecule has 3 atom stereocenters. The Morgan fingerprint density at radius 2 is 2.17 bits per heavy atom. The lowest BCUT2D eigenvalue weighted by Crippen LogP contribution is -2.57. The molecule has 0 aliphatic carbocycles. The summed E-state index contributed by atoms with van der Waals surface area (Å²) in [5.41, 5.74) is 0.760. The maximum absolute atomic E-state index is 12.2. The van der Waals surface area contributed by atoms with Crippen LogP contribution in [-0.4, -0.2) is 40.6 Å². The Labute approximate surface area is 140 Å². The first-order valence-corrected chi connectivity index (χ1v) is 7.74. The molecule has 0 radical (unpaired) electrons. The van der Waals surface area contributed by atoms with Crippen LogP contribution in [0.25, 0.3) is 0 Å². The van der Waals surface area contributed by atoms with E-state index in [9.17, 15) is 14.7 Å². The van der Waals surface area contributed by atoms with Gasteiger partial charge in [-0.15, -0.1) is 6.42 Å². The van der Waals surface area contributed by atoms with Gasteiger partial charge >= 0.3 is 5.97 Å². The number of terminal acetylenes is 1. The smallest absolute Gasteiger partial charge is 0.326 e. The van der Waals surface area contributed by atoms with Gasteiger partial charge in [0.2, 0.25) is 5.91 Å². The van der Waals surface area contributed by atoms with Crippen LogP contribution in [0.2, 0.25) is 5.02 Å². The number of rotatable bonds is 5. The number of carboxylic acid groups (broad SMARTS) is 1. The zero-order valence-corrected chi connectivity index (χ0v) is 13.5. The van der Waals surface area contributed by atoms with Crippen LogP contribution < -0.4 is 0 Å². The average molecular weight is 336 g/mol. The SMILES string of the molecule is C#C[C@H]1[C@@H](c2ccc(Cl)cc2)OCC(=O)N1C(CCC)C(=O)O. The molecule has 23 heavy (non-hydrogen) atoms. The van der Waals surface area contributed by atoms with Gasteiger partial charge in [0, 0.05) is 5.02 Å². The Balaban J connectivity index is 2.37. The maximum Gasteiger partial charge on any atom is 0.326 e. The summed E-state index contributed by atoms with van der Waals surface area (Å²) in [4.78, 5) is 25.1. The summed E-state index contributed by atoms with van der Waals surface area (Å²) in [5.74, 6) is 1.06. The number of hydrogen-bond acceptors (Lipinski definition) is 3. The average Bonchev–Trinajstić information content (AvgIpc) is 2.53. The summed E-state index contributed by atoms with van der Waals surface area (Å²) in [7, 11) is 0. The molecule has 6 heteroatoms. The van der Waals surface area contributed by atoms with Crippen molar-refractivity contribution in [3.63, 3.8) is 0 Å². The molecule has 1 unspecified atom stereocenters. The molecule has 0 bridgehead atoms. The molecule has 1 aliphatic rings. The number of aliphatic carboxylic acids is 1. The predicted molar refractivity (Wildman–Crippen MR) is 85.9 cm³/mol. The van der Waals surface area contributed by atoms with Gasteiger partial charge in [-0.2, -0.15) is 0 Å². The minimum absolute atomic E-state index is 0.195. The summed E-state index contributed by atoms with van der Waals surface area (Å²) >= 11 is 5.88. The van der Waals surface area contributed by atoms with E-state index in [4.69, 9.17) is 22.8 Å². The molecule has 0 aromatic heterocycles. The lowest BCUT2D eigenvalue weighted by atomic mass is 9.96. The minimum atomic E-state index is -1.06. The van der Waals surface area contributed by atoms with Gasteiger partial charge in [0.25, 0.3) is 0 Å². The predicted octanol–water partition coefficient (Wildman–Crippen LogP) is 2.50. The van der Waals surface area contributed by atoms with E-state index < -0.39 is 30.1 Å². The van der Waals surface area contributed by atoms with Crippen molar-refractivity contribution in [2.75, 3.05) is 6.61 Å². The standard InChI is InChI=1S/C17H18ClNO4/c1-3-5-14(17(21)22)19-13(4-2)16(23-10-15(19)20)11-6-8-12(18)9-7-11/h2,6-9,13-14,16H,3,5,10H2,1H3,(H,21,22)/t13-,14?,16+/m0/s1. The van der Waals surface area contributed by atoms with Crippen molar-refractivity contribution in [2.45, 2.75) is 38.0 Å². The molecule has 1 aliphatic heterocycles. The molecule has 5 nitrogen and oxygen atoms in total. The van der Waals surface area contributed by atoms with Gasteiger partial charge in [-0.25, -0.2) is 4.79 Å². The number of nitrogens with zero attached hydrogens (tertiary/aromatic N) is 1. The Kier molecular flexibility index (Phi) is 5.64. The van der Waals surface area contributed by atoms with Crippen LogP contribution in [-0.2, 0) is 14.3 Å². The van der Waals surface area contributed by atoms with Crippen LogP contribution in [0, 0.1) is 12.3 Å². The highest BCUT2D eigenvalue weighted by Gasteiger charge is 2.42. The minimum Gasteiger partial charge on any atom is -0.480 e. The van der Waals surface area contributed by atoms with Crippen LogP contribution in [0.5, 0.6) is 0 Å². The van der Waals surface area contributed by atoms with Crippen molar-refractivity contribution in [1.82, 2.24) is 4.90 Å².